The third-order valence-corrected chi connectivity index (χ3v) is 4.18. The topological polar surface area (TPSA) is 98.8 Å². The first kappa shape index (κ1) is 17.1. The van der Waals surface area contributed by atoms with Crippen LogP contribution < -0.4 is 4.72 Å². The van der Waals surface area contributed by atoms with Crippen molar-refractivity contribution in [3.8, 4) is 0 Å². The molecule has 1 aromatic rings. The van der Waals surface area contributed by atoms with E-state index in [4.69, 9.17) is 0 Å². The Morgan fingerprint density at radius 3 is 2.43 bits per heavy atom. The van der Waals surface area contributed by atoms with Gasteiger partial charge in [-0.1, -0.05) is 12.1 Å². The number of carbonyl (C=O) groups is 2. The van der Waals surface area contributed by atoms with Gasteiger partial charge in [-0.05, 0) is 18.6 Å². The molecule has 0 saturated heterocycles. The summed E-state index contributed by atoms with van der Waals surface area (Å²) in [5.41, 5.74) is -0.0412. The molecule has 1 N–H and O–H groups in total. The molecule has 116 valence electrons. The second-order valence-corrected chi connectivity index (χ2v) is 5.80. The van der Waals surface area contributed by atoms with E-state index in [9.17, 15) is 18.0 Å². The van der Waals surface area contributed by atoms with Crippen LogP contribution in [-0.2, 0) is 24.3 Å². The Morgan fingerprint density at radius 2 is 1.81 bits per heavy atom. The van der Waals surface area contributed by atoms with Gasteiger partial charge < -0.3 is 9.47 Å². The molecule has 1 rings (SSSR count). The molecule has 0 saturated carbocycles. The average Bonchev–Trinajstić information content (AvgIpc) is 2.50. The first-order valence-electron chi connectivity index (χ1n) is 6.16. The molecule has 0 bridgehead atoms. The smallest absolute Gasteiger partial charge is 0.339 e. The van der Waals surface area contributed by atoms with E-state index in [2.05, 4.69) is 14.2 Å². The van der Waals surface area contributed by atoms with Crippen LogP contribution in [-0.4, -0.2) is 41.1 Å². The maximum atomic E-state index is 12.2. The van der Waals surface area contributed by atoms with Gasteiger partial charge in [0.1, 0.15) is 0 Å². The lowest BCUT2D eigenvalue weighted by molar-refractivity contribution is -0.140. The predicted octanol–water partition coefficient (Wildman–Crippen LogP) is 0.705. The van der Waals surface area contributed by atoms with Crippen LogP contribution in [0.3, 0.4) is 0 Å². The van der Waals surface area contributed by atoms with E-state index in [1.54, 1.807) is 6.07 Å². The summed E-state index contributed by atoms with van der Waals surface area (Å²) >= 11 is 0. The number of ether oxygens (including phenoxy) is 2. The summed E-state index contributed by atoms with van der Waals surface area (Å²) in [4.78, 5) is 22.3. The molecule has 0 heterocycles. The third kappa shape index (κ3) is 4.83. The molecule has 1 aromatic carbocycles. The van der Waals surface area contributed by atoms with Crippen molar-refractivity contribution in [2.24, 2.45) is 0 Å². The normalized spacial score (nSPS) is 11.0. The molecule has 0 radical (unpaired) electrons. The molecular weight excluding hydrogens is 298 g/mol. The van der Waals surface area contributed by atoms with Crippen LogP contribution in [0.25, 0.3) is 0 Å². The Bertz CT molecular complexity index is 611. The van der Waals surface area contributed by atoms with E-state index < -0.39 is 22.0 Å². The van der Waals surface area contributed by atoms with Gasteiger partial charge in [0.25, 0.3) is 0 Å². The van der Waals surface area contributed by atoms with Gasteiger partial charge in [-0.15, -0.1) is 0 Å². The number of methoxy groups -OCH3 is 2. The molecule has 0 aliphatic carbocycles. The zero-order chi connectivity index (χ0) is 15.9. The van der Waals surface area contributed by atoms with Gasteiger partial charge in [-0.2, -0.15) is 0 Å². The Balaban J connectivity index is 2.79. The maximum Gasteiger partial charge on any atom is 0.339 e. The fourth-order valence-electron chi connectivity index (χ4n) is 1.60. The minimum Gasteiger partial charge on any atom is -0.469 e. The highest BCUT2D eigenvalue weighted by Gasteiger charge is 2.22. The standard InChI is InChI=1S/C13H17NO6S/c1-19-12(15)8-5-9-14-21(17,18)11-7-4-3-6-10(11)13(16)20-2/h3-4,6-7,14H,5,8-9H2,1-2H3. The van der Waals surface area contributed by atoms with Crippen LogP contribution in [0.5, 0.6) is 0 Å². The van der Waals surface area contributed by atoms with Crippen molar-refractivity contribution in [2.45, 2.75) is 17.7 Å². The highest BCUT2D eigenvalue weighted by atomic mass is 32.2. The number of sulfonamides is 1. The average molecular weight is 315 g/mol. The minimum absolute atomic E-state index is 0.0412. The summed E-state index contributed by atoms with van der Waals surface area (Å²) in [6.07, 6.45) is 0.407. The predicted molar refractivity (Wildman–Crippen MR) is 74.2 cm³/mol. The van der Waals surface area contributed by atoms with E-state index in [1.807, 2.05) is 0 Å². The number of nitrogens with one attached hydrogen (secondary N) is 1. The first-order valence-corrected chi connectivity index (χ1v) is 7.64. The Morgan fingerprint density at radius 1 is 1.14 bits per heavy atom. The summed E-state index contributed by atoms with van der Waals surface area (Å²) in [6.45, 7) is 0.0624. The molecule has 0 amide bonds. The summed E-state index contributed by atoms with van der Waals surface area (Å²) in [5.74, 6) is -1.14. The summed E-state index contributed by atoms with van der Waals surface area (Å²) in [5, 5.41) is 0. The van der Waals surface area contributed by atoms with Crippen molar-refractivity contribution < 1.29 is 27.5 Å². The Hall–Kier alpha value is -1.93. The molecule has 0 aliphatic heterocycles. The number of hydrogen-bond acceptors (Lipinski definition) is 6. The lowest BCUT2D eigenvalue weighted by Crippen LogP contribution is -2.27. The van der Waals surface area contributed by atoms with Crippen LogP contribution in [0.2, 0.25) is 0 Å². The molecule has 0 spiro atoms. The van der Waals surface area contributed by atoms with E-state index in [1.165, 1.54) is 32.4 Å². The van der Waals surface area contributed by atoms with Gasteiger partial charge in [0.15, 0.2) is 0 Å². The Labute approximate surface area is 123 Å². The lowest BCUT2D eigenvalue weighted by atomic mass is 10.2. The number of hydrogen-bond donors (Lipinski definition) is 1. The monoisotopic (exact) mass is 315 g/mol. The zero-order valence-electron chi connectivity index (χ0n) is 11.8. The molecule has 21 heavy (non-hydrogen) atoms. The van der Waals surface area contributed by atoms with Crippen molar-refractivity contribution in [1.29, 1.82) is 0 Å². The number of rotatable bonds is 7. The summed E-state index contributed by atoms with van der Waals surface area (Å²) in [6, 6.07) is 5.74. The highest BCUT2D eigenvalue weighted by molar-refractivity contribution is 7.89. The molecule has 0 fully saturated rings. The lowest BCUT2D eigenvalue weighted by Gasteiger charge is -2.10. The molecule has 0 aromatic heterocycles. The van der Waals surface area contributed by atoms with Crippen molar-refractivity contribution in [3.63, 3.8) is 0 Å². The van der Waals surface area contributed by atoms with Gasteiger partial charge in [0, 0.05) is 13.0 Å². The van der Waals surface area contributed by atoms with Gasteiger partial charge in [0.2, 0.25) is 10.0 Å². The quantitative estimate of drug-likeness (QED) is 0.587. The number of carbonyl (C=O) groups excluding carboxylic acids is 2. The largest absolute Gasteiger partial charge is 0.469 e. The van der Waals surface area contributed by atoms with E-state index in [0.29, 0.717) is 6.42 Å². The summed E-state index contributed by atoms with van der Waals surface area (Å²) in [7, 11) is -1.41. The van der Waals surface area contributed by atoms with Crippen LogP contribution in [0.4, 0.5) is 0 Å². The highest BCUT2D eigenvalue weighted by Crippen LogP contribution is 2.16. The number of esters is 2. The molecule has 0 unspecified atom stereocenters. The van der Waals surface area contributed by atoms with E-state index in [-0.39, 0.29) is 23.4 Å². The fraction of sp³-hybridized carbons (Fsp3) is 0.385. The van der Waals surface area contributed by atoms with Gasteiger partial charge in [-0.3, -0.25) is 4.79 Å². The van der Waals surface area contributed by atoms with Crippen LogP contribution in [0.15, 0.2) is 29.2 Å². The first-order chi connectivity index (χ1) is 9.92. The molecule has 8 heteroatoms. The second kappa shape index (κ2) is 7.75. The van der Waals surface area contributed by atoms with Crippen molar-refractivity contribution in [1.82, 2.24) is 4.72 Å². The minimum atomic E-state index is -3.85. The zero-order valence-corrected chi connectivity index (χ0v) is 12.6. The van der Waals surface area contributed by atoms with Crippen molar-refractivity contribution >= 4 is 22.0 Å². The van der Waals surface area contributed by atoms with Gasteiger partial charge in [0.05, 0.1) is 24.7 Å². The SMILES string of the molecule is COC(=O)CCCNS(=O)(=O)c1ccccc1C(=O)OC. The van der Waals surface area contributed by atoms with E-state index >= 15 is 0 Å². The second-order valence-electron chi connectivity index (χ2n) is 4.07. The molecule has 0 aliphatic rings. The van der Waals surface area contributed by atoms with Crippen LogP contribution in [0, 0.1) is 0 Å². The fourth-order valence-corrected chi connectivity index (χ4v) is 2.87. The third-order valence-electron chi connectivity index (χ3n) is 2.66. The van der Waals surface area contributed by atoms with Gasteiger partial charge >= 0.3 is 11.9 Å². The number of benzene rings is 1. The molecular formula is C13H17NO6S. The maximum absolute atomic E-state index is 12.2. The molecule has 7 nitrogen and oxygen atoms in total. The van der Waals surface area contributed by atoms with E-state index in [0.717, 1.165) is 0 Å². The Kier molecular flexibility index (Phi) is 6.32. The van der Waals surface area contributed by atoms with Crippen LogP contribution in [0.1, 0.15) is 23.2 Å². The summed E-state index contributed by atoms with van der Waals surface area (Å²) < 4.78 is 35.6. The van der Waals surface area contributed by atoms with Crippen LogP contribution >= 0.6 is 0 Å². The van der Waals surface area contributed by atoms with Crippen molar-refractivity contribution in [2.75, 3.05) is 20.8 Å². The van der Waals surface area contributed by atoms with Crippen molar-refractivity contribution in [3.05, 3.63) is 29.8 Å². The van der Waals surface area contributed by atoms with Gasteiger partial charge in [-0.25, -0.2) is 17.9 Å². The molecule has 0 atom stereocenters.